The Balaban J connectivity index is 1.47. The van der Waals surface area contributed by atoms with Crippen LogP contribution in [0.5, 0.6) is 0 Å². The summed E-state index contributed by atoms with van der Waals surface area (Å²) >= 11 is 6.14. The second-order valence-corrected chi connectivity index (χ2v) is 8.98. The maximum Gasteiger partial charge on any atom is 0.416 e. The first-order valence-corrected chi connectivity index (χ1v) is 11.6. The molecule has 0 saturated heterocycles. The molecule has 0 aliphatic carbocycles. The maximum absolute atomic E-state index is 13.1. The molecule has 5 nitrogen and oxygen atoms in total. The number of rotatable bonds is 4. The van der Waals surface area contributed by atoms with Gasteiger partial charge >= 0.3 is 6.18 Å². The number of fused-ring (bicyclic) bond motifs is 2. The fourth-order valence-corrected chi connectivity index (χ4v) is 4.56. The summed E-state index contributed by atoms with van der Waals surface area (Å²) in [5, 5.41) is 17.3. The van der Waals surface area contributed by atoms with Crippen LogP contribution in [0, 0.1) is 0 Å². The lowest BCUT2D eigenvalue weighted by Gasteiger charge is -2.24. The Hall–Kier alpha value is -3.75. The zero-order valence-corrected chi connectivity index (χ0v) is 19.6. The highest BCUT2D eigenvalue weighted by atomic mass is 35.5. The highest BCUT2D eigenvalue weighted by Gasteiger charge is 2.30. The van der Waals surface area contributed by atoms with Crippen molar-refractivity contribution in [3.8, 4) is 5.69 Å². The minimum Gasteiger partial charge on any atom is -0.391 e. The first-order valence-electron chi connectivity index (χ1n) is 11.2. The van der Waals surface area contributed by atoms with E-state index >= 15 is 0 Å². The van der Waals surface area contributed by atoms with E-state index in [0.717, 1.165) is 34.3 Å². The number of β-amino-alcohol motifs (C(OH)–C–C–N with tert-alkyl or cyclic N) is 1. The molecule has 2 heterocycles. The smallest absolute Gasteiger partial charge is 0.391 e. The second-order valence-electron chi connectivity index (χ2n) is 8.55. The molecule has 36 heavy (non-hydrogen) atoms. The molecule has 1 aromatic heterocycles. The number of aromatic nitrogens is 1. The normalized spacial score (nSPS) is 15.6. The molecular formula is C27H21ClF3N3O2. The minimum absolute atomic E-state index is 0.384. The van der Waals surface area contributed by atoms with Crippen LogP contribution in [0.4, 0.5) is 24.5 Å². The Labute approximate surface area is 209 Å². The van der Waals surface area contributed by atoms with E-state index in [1.807, 2.05) is 18.2 Å². The molecule has 0 fully saturated rings. The second kappa shape index (κ2) is 9.37. The van der Waals surface area contributed by atoms with Crippen molar-refractivity contribution < 1.29 is 23.1 Å². The Bertz CT molecular complexity index is 1480. The molecular weight excluding hydrogens is 491 g/mol. The van der Waals surface area contributed by atoms with Crippen LogP contribution in [0.1, 0.15) is 16.8 Å². The van der Waals surface area contributed by atoms with Gasteiger partial charge in [0.1, 0.15) is 0 Å². The quantitative estimate of drug-likeness (QED) is 0.282. The van der Waals surface area contributed by atoms with Gasteiger partial charge in [0.25, 0.3) is 0 Å². The van der Waals surface area contributed by atoms with Gasteiger partial charge in [0.05, 0.1) is 17.2 Å². The number of anilines is 2. The van der Waals surface area contributed by atoms with Gasteiger partial charge in [-0.15, -0.1) is 0 Å². The summed E-state index contributed by atoms with van der Waals surface area (Å²) in [6.45, 7) is 0.447. The highest BCUT2D eigenvalue weighted by Crippen LogP contribution is 2.32. The number of amides is 1. The third-order valence-corrected chi connectivity index (χ3v) is 6.29. The van der Waals surface area contributed by atoms with E-state index in [1.54, 1.807) is 34.9 Å². The van der Waals surface area contributed by atoms with E-state index in [1.165, 1.54) is 18.2 Å². The van der Waals surface area contributed by atoms with Gasteiger partial charge in [-0.3, -0.25) is 4.79 Å². The van der Waals surface area contributed by atoms with Crippen LogP contribution in [0.2, 0.25) is 5.02 Å². The van der Waals surface area contributed by atoms with Gasteiger partial charge < -0.3 is 20.3 Å². The number of hydrogen-bond donors (Lipinski definition) is 3. The van der Waals surface area contributed by atoms with Crippen LogP contribution in [0.3, 0.4) is 0 Å². The van der Waals surface area contributed by atoms with Gasteiger partial charge in [-0.2, -0.15) is 13.2 Å². The number of nitrogens with zero attached hydrogens (tertiary/aromatic N) is 1. The standard InChI is InChI=1S/C27H21ClF3N3O2/c28-18-6-10-25-16(12-18)13-20(34(25)19-7-4-17(5-8-19)27(29,30)31)9-11-26(36)33-24-3-1-2-23-22(24)14-21(35)15-32-23/h1-13,21,32,35H,14-15H2,(H,33,36)/b11-9+. The van der Waals surface area contributed by atoms with E-state index in [4.69, 9.17) is 11.6 Å². The molecule has 184 valence electrons. The molecule has 0 saturated carbocycles. The number of alkyl halides is 3. The van der Waals surface area contributed by atoms with E-state index in [0.29, 0.717) is 35.1 Å². The van der Waals surface area contributed by atoms with Crippen molar-refractivity contribution in [1.82, 2.24) is 4.57 Å². The van der Waals surface area contributed by atoms with Crippen molar-refractivity contribution in [3.05, 3.63) is 94.6 Å². The lowest BCUT2D eigenvalue weighted by atomic mass is 9.99. The van der Waals surface area contributed by atoms with Crippen molar-refractivity contribution in [1.29, 1.82) is 0 Å². The molecule has 0 bridgehead atoms. The van der Waals surface area contributed by atoms with Crippen molar-refractivity contribution in [3.63, 3.8) is 0 Å². The van der Waals surface area contributed by atoms with E-state index in [9.17, 15) is 23.1 Å². The molecule has 1 atom stereocenters. The average molecular weight is 512 g/mol. The van der Waals surface area contributed by atoms with Crippen LogP contribution in [-0.2, 0) is 17.4 Å². The lowest BCUT2D eigenvalue weighted by Crippen LogP contribution is -2.28. The Kier molecular flexibility index (Phi) is 6.24. The SMILES string of the molecule is O=C(/C=C/c1cc2cc(Cl)ccc2n1-c1ccc(C(F)(F)F)cc1)Nc1cccc2c1CC(O)CN2. The van der Waals surface area contributed by atoms with Gasteiger partial charge in [0, 0.05) is 57.8 Å². The molecule has 1 amide bonds. The van der Waals surface area contributed by atoms with Gasteiger partial charge in [0.2, 0.25) is 5.91 Å². The fourth-order valence-electron chi connectivity index (χ4n) is 4.38. The fraction of sp³-hybridized carbons (Fsp3) is 0.148. The maximum atomic E-state index is 13.1. The van der Waals surface area contributed by atoms with Crippen LogP contribution in [0.15, 0.2) is 72.8 Å². The van der Waals surface area contributed by atoms with Gasteiger partial charge in [-0.05, 0) is 66.7 Å². The van der Waals surface area contributed by atoms with Crippen LogP contribution in [0.25, 0.3) is 22.7 Å². The molecule has 4 aromatic rings. The first kappa shape index (κ1) is 24.0. The van der Waals surface area contributed by atoms with Crippen molar-refractivity contribution in [2.24, 2.45) is 0 Å². The number of nitrogens with one attached hydrogen (secondary N) is 2. The number of aliphatic hydroxyl groups is 1. The summed E-state index contributed by atoms with van der Waals surface area (Å²) in [5.74, 6) is -0.384. The largest absolute Gasteiger partial charge is 0.416 e. The summed E-state index contributed by atoms with van der Waals surface area (Å²) in [6.07, 6.45) is -1.59. The first-order chi connectivity index (χ1) is 17.2. The highest BCUT2D eigenvalue weighted by molar-refractivity contribution is 6.31. The average Bonchev–Trinajstić information content (AvgIpc) is 3.20. The zero-order valence-electron chi connectivity index (χ0n) is 18.8. The van der Waals surface area contributed by atoms with Gasteiger partial charge in [0.15, 0.2) is 0 Å². The molecule has 9 heteroatoms. The summed E-state index contributed by atoms with van der Waals surface area (Å²) in [7, 11) is 0. The monoisotopic (exact) mass is 511 g/mol. The van der Waals surface area contributed by atoms with Crippen LogP contribution >= 0.6 is 11.6 Å². The van der Waals surface area contributed by atoms with Crippen molar-refractivity contribution >= 4 is 45.9 Å². The third-order valence-electron chi connectivity index (χ3n) is 6.05. The molecule has 1 unspecified atom stereocenters. The lowest BCUT2D eigenvalue weighted by molar-refractivity contribution is -0.137. The topological polar surface area (TPSA) is 66.3 Å². The zero-order chi connectivity index (χ0) is 25.4. The molecule has 5 rings (SSSR count). The minimum atomic E-state index is -4.44. The summed E-state index contributed by atoms with van der Waals surface area (Å²) in [5.41, 5.74) is 3.38. The number of hydrogen-bond acceptors (Lipinski definition) is 3. The summed E-state index contributed by atoms with van der Waals surface area (Å²) < 4.78 is 40.9. The molecule has 1 aliphatic heterocycles. The number of aliphatic hydroxyl groups excluding tert-OH is 1. The number of carbonyl (C=O) groups excluding carboxylic acids is 1. The molecule has 0 radical (unpaired) electrons. The third kappa shape index (κ3) is 4.82. The van der Waals surface area contributed by atoms with Crippen molar-refractivity contribution in [2.45, 2.75) is 18.7 Å². The number of carbonyl (C=O) groups is 1. The number of halogens is 4. The molecule has 3 aromatic carbocycles. The van der Waals surface area contributed by atoms with Crippen molar-refractivity contribution in [2.75, 3.05) is 17.2 Å². The Morgan fingerprint density at radius 1 is 1.11 bits per heavy atom. The van der Waals surface area contributed by atoms with E-state index in [-0.39, 0.29) is 5.91 Å². The molecule has 3 N–H and O–H groups in total. The summed E-state index contributed by atoms with van der Waals surface area (Å²) in [4.78, 5) is 12.8. The number of benzene rings is 3. The molecule has 1 aliphatic rings. The van der Waals surface area contributed by atoms with Crippen LogP contribution in [-0.4, -0.2) is 28.2 Å². The van der Waals surface area contributed by atoms with E-state index < -0.39 is 17.8 Å². The van der Waals surface area contributed by atoms with Gasteiger partial charge in [-0.1, -0.05) is 17.7 Å². The Morgan fingerprint density at radius 2 is 1.89 bits per heavy atom. The predicted octanol–water partition coefficient (Wildman–Crippen LogP) is 6.28. The predicted molar refractivity (Wildman–Crippen MR) is 136 cm³/mol. The van der Waals surface area contributed by atoms with Crippen LogP contribution < -0.4 is 10.6 Å². The van der Waals surface area contributed by atoms with E-state index in [2.05, 4.69) is 10.6 Å². The molecule has 0 spiro atoms. The Morgan fingerprint density at radius 3 is 2.64 bits per heavy atom. The van der Waals surface area contributed by atoms with Gasteiger partial charge in [-0.25, -0.2) is 0 Å². The summed E-state index contributed by atoms with van der Waals surface area (Å²) in [6, 6.07) is 17.4.